The molecule has 0 aromatic rings. The molecule has 2 atom stereocenters. The van der Waals surface area contributed by atoms with Crippen molar-refractivity contribution < 1.29 is 0 Å². The Balaban J connectivity index is 2.38. The van der Waals surface area contributed by atoms with Crippen LogP contribution in [0, 0.1) is 5.92 Å². The standard InChI is InChI=1S/C15H31NS/c1-5-13-9-8-10-14(11-13)16-12-15(6-2,7-3)17-4/h13-14,16H,5-12H2,1-4H3. The van der Waals surface area contributed by atoms with E-state index >= 15 is 0 Å². The van der Waals surface area contributed by atoms with E-state index < -0.39 is 0 Å². The Labute approximate surface area is 113 Å². The van der Waals surface area contributed by atoms with Gasteiger partial charge >= 0.3 is 0 Å². The Kier molecular flexibility index (Phi) is 6.94. The molecule has 1 aliphatic carbocycles. The van der Waals surface area contributed by atoms with Gasteiger partial charge in [0.1, 0.15) is 0 Å². The van der Waals surface area contributed by atoms with Gasteiger partial charge in [0.05, 0.1) is 0 Å². The van der Waals surface area contributed by atoms with Gasteiger partial charge in [0.25, 0.3) is 0 Å². The monoisotopic (exact) mass is 257 g/mol. The van der Waals surface area contributed by atoms with Crippen molar-refractivity contribution in [2.75, 3.05) is 12.8 Å². The predicted octanol–water partition coefficient (Wildman–Crippen LogP) is 4.47. The molecule has 1 N–H and O–H groups in total. The molecule has 0 aromatic heterocycles. The summed E-state index contributed by atoms with van der Waals surface area (Å²) in [7, 11) is 0. The lowest BCUT2D eigenvalue weighted by Gasteiger charge is -2.35. The number of nitrogens with one attached hydrogen (secondary N) is 1. The molecule has 1 saturated carbocycles. The predicted molar refractivity (Wildman–Crippen MR) is 80.9 cm³/mol. The third-order valence-corrected chi connectivity index (χ3v) is 6.38. The van der Waals surface area contributed by atoms with E-state index in [2.05, 4.69) is 32.3 Å². The van der Waals surface area contributed by atoms with Crippen LogP contribution in [0.15, 0.2) is 0 Å². The first-order chi connectivity index (χ1) is 8.19. The van der Waals surface area contributed by atoms with Crippen molar-refractivity contribution in [2.24, 2.45) is 5.92 Å². The van der Waals surface area contributed by atoms with Gasteiger partial charge in [-0.25, -0.2) is 0 Å². The zero-order valence-electron chi connectivity index (χ0n) is 12.2. The summed E-state index contributed by atoms with van der Waals surface area (Å²) in [6.07, 6.45) is 11.9. The minimum Gasteiger partial charge on any atom is -0.313 e. The van der Waals surface area contributed by atoms with Gasteiger partial charge in [0.2, 0.25) is 0 Å². The van der Waals surface area contributed by atoms with Crippen LogP contribution in [0.4, 0.5) is 0 Å². The molecule has 102 valence electrons. The lowest BCUT2D eigenvalue weighted by atomic mass is 9.84. The van der Waals surface area contributed by atoms with E-state index in [9.17, 15) is 0 Å². The summed E-state index contributed by atoms with van der Waals surface area (Å²) in [5, 5.41) is 3.86. The summed E-state index contributed by atoms with van der Waals surface area (Å²) in [6.45, 7) is 8.20. The van der Waals surface area contributed by atoms with Crippen molar-refractivity contribution in [3.63, 3.8) is 0 Å². The summed E-state index contributed by atoms with van der Waals surface area (Å²) in [5.41, 5.74) is 0. The SMILES string of the molecule is CCC1CCCC(NCC(CC)(CC)SC)C1. The third-order valence-electron chi connectivity index (χ3n) is 4.79. The van der Waals surface area contributed by atoms with Crippen LogP contribution in [-0.4, -0.2) is 23.6 Å². The molecular formula is C15H31NS. The maximum absolute atomic E-state index is 3.86. The number of rotatable bonds is 7. The van der Waals surface area contributed by atoms with Crippen LogP contribution in [0.1, 0.15) is 65.7 Å². The molecule has 0 aromatic carbocycles. The molecule has 1 aliphatic rings. The van der Waals surface area contributed by atoms with Crippen molar-refractivity contribution in [2.45, 2.75) is 76.5 Å². The molecule has 0 heterocycles. The Bertz CT molecular complexity index is 193. The first-order valence-electron chi connectivity index (χ1n) is 7.48. The van der Waals surface area contributed by atoms with E-state index in [1.165, 1.54) is 51.5 Å². The lowest BCUT2D eigenvalue weighted by molar-refractivity contribution is 0.272. The molecule has 0 radical (unpaired) electrons. The molecule has 17 heavy (non-hydrogen) atoms. The molecule has 2 unspecified atom stereocenters. The molecule has 0 spiro atoms. The van der Waals surface area contributed by atoms with Gasteiger partial charge in [0, 0.05) is 17.3 Å². The second-order valence-corrected chi connectivity index (χ2v) is 6.89. The average Bonchev–Trinajstić information content (AvgIpc) is 2.41. The van der Waals surface area contributed by atoms with Crippen molar-refractivity contribution in [1.29, 1.82) is 0 Å². The van der Waals surface area contributed by atoms with Gasteiger partial charge in [-0.3, -0.25) is 0 Å². The Morgan fingerprint density at radius 3 is 2.41 bits per heavy atom. The molecule has 0 saturated heterocycles. The second-order valence-electron chi connectivity index (χ2n) is 5.61. The average molecular weight is 257 g/mol. The number of thioether (sulfide) groups is 1. The van der Waals surface area contributed by atoms with Gasteiger partial charge in [-0.05, 0) is 37.9 Å². The van der Waals surface area contributed by atoms with Gasteiger partial charge in [-0.1, -0.05) is 40.0 Å². The maximum atomic E-state index is 3.86. The van der Waals surface area contributed by atoms with E-state index in [1.54, 1.807) is 0 Å². The van der Waals surface area contributed by atoms with Crippen LogP contribution in [0.25, 0.3) is 0 Å². The highest BCUT2D eigenvalue weighted by Gasteiger charge is 2.27. The van der Waals surface area contributed by atoms with Crippen molar-refractivity contribution in [3.8, 4) is 0 Å². The van der Waals surface area contributed by atoms with Crippen LogP contribution in [0.2, 0.25) is 0 Å². The summed E-state index contributed by atoms with van der Waals surface area (Å²) < 4.78 is 0.471. The smallest absolute Gasteiger partial charge is 0.0276 e. The van der Waals surface area contributed by atoms with Crippen molar-refractivity contribution >= 4 is 11.8 Å². The summed E-state index contributed by atoms with van der Waals surface area (Å²) in [4.78, 5) is 0. The zero-order chi connectivity index (χ0) is 12.7. The molecule has 0 aliphatic heterocycles. The van der Waals surface area contributed by atoms with Crippen molar-refractivity contribution in [1.82, 2.24) is 5.32 Å². The van der Waals surface area contributed by atoms with Gasteiger partial charge < -0.3 is 5.32 Å². The minimum absolute atomic E-state index is 0.471. The summed E-state index contributed by atoms with van der Waals surface area (Å²) in [5.74, 6) is 0.980. The third kappa shape index (κ3) is 4.48. The quantitative estimate of drug-likeness (QED) is 0.722. The molecule has 1 nitrogen and oxygen atoms in total. The number of hydrogen-bond acceptors (Lipinski definition) is 2. The molecule has 0 amide bonds. The molecule has 1 fully saturated rings. The molecular weight excluding hydrogens is 226 g/mol. The normalized spacial score (nSPS) is 26.1. The van der Waals surface area contributed by atoms with Crippen molar-refractivity contribution in [3.05, 3.63) is 0 Å². The first kappa shape index (κ1) is 15.4. The first-order valence-corrected chi connectivity index (χ1v) is 8.70. The summed E-state index contributed by atoms with van der Waals surface area (Å²) in [6, 6.07) is 0.790. The van der Waals surface area contributed by atoms with Crippen LogP contribution in [0.3, 0.4) is 0 Å². The molecule has 0 bridgehead atoms. The van der Waals surface area contributed by atoms with E-state index in [0.717, 1.165) is 12.0 Å². The highest BCUT2D eigenvalue weighted by Crippen LogP contribution is 2.31. The minimum atomic E-state index is 0.471. The number of hydrogen-bond donors (Lipinski definition) is 1. The Morgan fingerprint density at radius 1 is 1.18 bits per heavy atom. The Hall–Kier alpha value is 0.310. The van der Waals surface area contributed by atoms with E-state index in [1.807, 2.05) is 11.8 Å². The summed E-state index contributed by atoms with van der Waals surface area (Å²) >= 11 is 2.05. The highest BCUT2D eigenvalue weighted by atomic mass is 32.2. The van der Waals surface area contributed by atoms with Gasteiger partial charge in [-0.2, -0.15) is 11.8 Å². The van der Waals surface area contributed by atoms with Crippen LogP contribution < -0.4 is 5.32 Å². The molecule has 2 heteroatoms. The lowest BCUT2D eigenvalue weighted by Crippen LogP contribution is -2.43. The van der Waals surface area contributed by atoms with Gasteiger partial charge in [-0.15, -0.1) is 0 Å². The maximum Gasteiger partial charge on any atom is 0.0276 e. The van der Waals surface area contributed by atoms with Crippen LogP contribution in [0.5, 0.6) is 0 Å². The van der Waals surface area contributed by atoms with Gasteiger partial charge in [0.15, 0.2) is 0 Å². The fourth-order valence-electron chi connectivity index (χ4n) is 3.04. The van der Waals surface area contributed by atoms with E-state index in [0.29, 0.717) is 4.75 Å². The zero-order valence-corrected chi connectivity index (χ0v) is 13.0. The van der Waals surface area contributed by atoms with Crippen LogP contribution in [-0.2, 0) is 0 Å². The second kappa shape index (κ2) is 7.68. The Morgan fingerprint density at radius 2 is 1.88 bits per heavy atom. The fraction of sp³-hybridized carbons (Fsp3) is 1.00. The fourth-order valence-corrected chi connectivity index (χ4v) is 3.84. The van der Waals surface area contributed by atoms with Crippen LogP contribution >= 0.6 is 11.8 Å². The van der Waals surface area contributed by atoms with E-state index in [-0.39, 0.29) is 0 Å². The topological polar surface area (TPSA) is 12.0 Å². The highest BCUT2D eigenvalue weighted by molar-refractivity contribution is 8.00. The van der Waals surface area contributed by atoms with E-state index in [4.69, 9.17) is 0 Å². The molecule has 1 rings (SSSR count). The largest absolute Gasteiger partial charge is 0.313 e.